The summed E-state index contributed by atoms with van der Waals surface area (Å²) in [4.78, 5) is 13.2. The van der Waals surface area contributed by atoms with Crippen LogP contribution in [0.1, 0.15) is 34.1 Å². The Balaban J connectivity index is 1.69. The lowest BCUT2D eigenvalue weighted by Gasteiger charge is -2.26. The molecule has 4 rings (SSSR count). The number of carbonyl (C=O) groups is 1. The molecule has 1 atom stereocenters. The summed E-state index contributed by atoms with van der Waals surface area (Å²) in [5.74, 6) is 0.815. The lowest BCUT2D eigenvalue weighted by Crippen LogP contribution is -2.32. The fourth-order valence-corrected chi connectivity index (χ4v) is 3.91. The number of carbonyl (C=O) groups excluding carboxylic acids is 1. The summed E-state index contributed by atoms with van der Waals surface area (Å²) in [6, 6.07) is 15.9. The molecule has 1 aliphatic rings. The number of nitrogens with zero attached hydrogens (tertiary/aromatic N) is 1. The van der Waals surface area contributed by atoms with Gasteiger partial charge in [-0.05, 0) is 19.1 Å². The first-order chi connectivity index (χ1) is 13.2. The van der Waals surface area contributed by atoms with Crippen LogP contribution in [0.5, 0.6) is 5.75 Å². The van der Waals surface area contributed by atoms with Crippen LogP contribution in [0.25, 0.3) is 10.9 Å². The van der Waals surface area contributed by atoms with E-state index in [1.807, 2.05) is 49.4 Å². The van der Waals surface area contributed by atoms with E-state index in [-0.39, 0.29) is 11.9 Å². The average Bonchev–Trinajstić information content (AvgIpc) is 2.98. The monoisotopic (exact) mass is 364 g/mol. The average molecular weight is 364 g/mol. The van der Waals surface area contributed by atoms with Crippen LogP contribution in [0.15, 0.2) is 48.5 Å². The molecule has 0 bridgehead atoms. The number of amides is 1. The van der Waals surface area contributed by atoms with Gasteiger partial charge in [0.05, 0.1) is 24.8 Å². The molecule has 0 saturated heterocycles. The van der Waals surface area contributed by atoms with Gasteiger partial charge in [0.1, 0.15) is 5.75 Å². The highest BCUT2D eigenvalue weighted by Crippen LogP contribution is 2.33. The van der Waals surface area contributed by atoms with E-state index in [0.29, 0.717) is 13.2 Å². The molecule has 1 aromatic heterocycles. The van der Waals surface area contributed by atoms with Crippen molar-refractivity contribution in [1.29, 1.82) is 0 Å². The number of para-hydroxylation sites is 2. The van der Waals surface area contributed by atoms with Crippen LogP contribution in [-0.2, 0) is 11.3 Å². The van der Waals surface area contributed by atoms with E-state index in [1.54, 1.807) is 7.11 Å². The zero-order chi connectivity index (χ0) is 18.8. The molecule has 2 heterocycles. The number of hydrogen-bond acceptors (Lipinski definition) is 3. The standard InChI is InChI=1S/C22H24N2O3/c1-15-21(17-8-3-5-9-19(17)24(15)12-14-26-2)22(25)23-18-11-13-27-20-10-6-4-7-16(18)20/h3-10,18H,11-14H2,1-2H3,(H,23,25). The van der Waals surface area contributed by atoms with Gasteiger partial charge in [-0.3, -0.25) is 4.79 Å². The number of nitrogens with one attached hydrogen (secondary N) is 1. The quantitative estimate of drug-likeness (QED) is 0.748. The van der Waals surface area contributed by atoms with Crippen molar-refractivity contribution in [3.63, 3.8) is 0 Å². The van der Waals surface area contributed by atoms with Gasteiger partial charge in [-0.2, -0.15) is 0 Å². The van der Waals surface area contributed by atoms with Crippen LogP contribution in [0.2, 0.25) is 0 Å². The minimum Gasteiger partial charge on any atom is -0.493 e. The van der Waals surface area contributed by atoms with Gasteiger partial charge in [0, 0.05) is 42.2 Å². The summed E-state index contributed by atoms with van der Waals surface area (Å²) in [5, 5.41) is 4.21. The fourth-order valence-electron chi connectivity index (χ4n) is 3.91. The minimum atomic E-state index is -0.0402. The van der Waals surface area contributed by atoms with Crippen molar-refractivity contribution in [3.05, 3.63) is 65.4 Å². The van der Waals surface area contributed by atoms with Gasteiger partial charge in [0.2, 0.25) is 0 Å². The number of hydrogen-bond donors (Lipinski definition) is 1. The maximum absolute atomic E-state index is 13.2. The number of aromatic nitrogens is 1. The normalized spacial score (nSPS) is 16.0. The largest absolute Gasteiger partial charge is 0.493 e. The van der Waals surface area contributed by atoms with Crippen LogP contribution < -0.4 is 10.1 Å². The van der Waals surface area contributed by atoms with E-state index in [0.717, 1.165) is 46.4 Å². The summed E-state index contributed by atoms with van der Waals surface area (Å²) in [6.07, 6.45) is 0.768. The summed E-state index contributed by atoms with van der Waals surface area (Å²) in [6.45, 7) is 3.93. The zero-order valence-corrected chi connectivity index (χ0v) is 15.7. The van der Waals surface area contributed by atoms with Crippen molar-refractivity contribution in [2.24, 2.45) is 0 Å². The number of methoxy groups -OCH3 is 1. The molecule has 0 aliphatic carbocycles. The Labute approximate surface area is 158 Å². The first-order valence-electron chi connectivity index (χ1n) is 9.30. The first kappa shape index (κ1) is 17.6. The van der Waals surface area contributed by atoms with Gasteiger partial charge < -0.3 is 19.4 Å². The molecule has 0 radical (unpaired) electrons. The predicted octanol–water partition coefficient (Wildman–Crippen LogP) is 3.85. The van der Waals surface area contributed by atoms with Crippen LogP contribution in [0.4, 0.5) is 0 Å². The van der Waals surface area contributed by atoms with Crippen molar-refractivity contribution >= 4 is 16.8 Å². The Hall–Kier alpha value is -2.79. The molecule has 0 fully saturated rings. The third-order valence-corrected chi connectivity index (χ3v) is 5.24. The van der Waals surface area contributed by atoms with Crippen molar-refractivity contribution in [1.82, 2.24) is 9.88 Å². The van der Waals surface area contributed by atoms with E-state index < -0.39 is 0 Å². The molecule has 0 saturated carbocycles. The highest BCUT2D eigenvalue weighted by Gasteiger charge is 2.26. The Morgan fingerprint density at radius 1 is 1.22 bits per heavy atom. The second kappa shape index (κ2) is 7.45. The van der Waals surface area contributed by atoms with E-state index in [9.17, 15) is 4.79 Å². The lowest BCUT2D eigenvalue weighted by atomic mass is 10.00. The summed E-state index contributed by atoms with van der Waals surface area (Å²) < 4.78 is 13.1. The van der Waals surface area contributed by atoms with Crippen molar-refractivity contribution in [3.8, 4) is 5.75 Å². The highest BCUT2D eigenvalue weighted by atomic mass is 16.5. The maximum atomic E-state index is 13.2. The van der Waals surface area contributed by atoms with E-state index in [4.69, 9.17) is 9.47 Å². The second-order valence-electron chi connectivity index (χ2n) is 6.82. The van der Waals surface area contributed by atoms with Gasteiger partial charge in [-0.25, -0.2) is 0 Å². The van der Waals surface area contributed by atoms with Crippen LogP contribution in [0.3, 0.4) is 0 Å². The predicted molar refractivity (Wildman–Crippen MR) is 105 cm³/mol. The summed E-state index contributed by atoms with van der Waals surface area (Å²) in [5.41, 5.74) is 3.80. The molecular weight excluding hydrogens is 340 g/mol. The fraction of sp³-hybridized carbons (Fsp3) is 0.318. The zero-order valence-electron chi connectivity index (χ0n) is 15.7. The van der Waals surface area contributed by atoms with Gasteiger partial charge in [-0.15, -0.1) is 0 Å². The molecule has 1 N–H and O–H groups in total. The third-order valence-electron chi connectivity index (χ3n) is 5.24. The third kappa shape index (κ3) is 3.19. The van der Waals surface area contributed by atoms with Gasteiger partial charge in [0.25, 0.3) is 5.91 Å². The maximum Gasteiger partial charge on any atom is 0.254 e. The Morgan fingerprint density at radius 2 is 2.00 bits per heavy atom. The molecule has 5 nitrogen and oxygen atoms in total. The van der Waals surface area contributed by atoms with Gasteiger partial charge >= 0.3 is 0 Å². The smallest absolute Gasteiger partial charge is 0.254 e. The second-order valence-corrected chi connectivity index (χ2v) is 6.82. The molecule has 3 aromatic rings. The van der Waals surface area contributed by atoms with Crippen molar-refractivity contribution in [2.75, 3.05) is 20.3 Å². The number of rotatable bonds is 5. The molecule has 1 amide bonds. The molecule has 5 heteroatoms. The molecule has 1 aliphatic heterocycles. The van der Waals surface area contributed by atoms with Crippen molar-refractivity contribution < 1.29 is 14.3 Å². The highest BCUT2D eigenvalue weighted by molar-refractivity contribution is 6.08. The Bertz CT molecular complexity index is 977. The molecular formula is C22H24N2O3. The minimum absolute atomic E-state index is 0.0389. The number of fused-ring (bicyclic) bond motifs is 2. The molecule has 27 heavy (non-hydrogen) atoms. The number of benzene rings is 2. The van der Waals surface area contributed by atoms with E-state index in [2.05, 4.69) is 16.0 Å². The summed E-state index contributed by atoms with van der Waals surface area (Å²) in [7, 11) is 1.69. The Kier molecular flexibility index (Phi) is 4.86. The van der Waals surface area contributed by atoms with Crippen LogP contribution in [0, 0.1) is 6.92 Å². The molecule has 140 valence electrons. The number of ether oxygens (including phenoxy) is 2. The Morgan fingerprint density at radius 3 is 2.85 bits per heavy atom. The lowest BCUT2D eigenvalue weighted by molar-refractivity contribution is 0.0925. The first-order valence-corrected chi connectivity index (χ1v) is 9.30. The summed E-state index contributed by atoms with van der Waals surface area (Å²) >= 11 is 0. The van der Waals surface area contributed by atoms with E-state index >= 15 is 0 Å². The van der Waals surface area contributed by atoms with Crippen LogP contribution >= 0.6 is 0 Å². The van der Waals surface area contributed by atoms with Crippen molar-refractivity contribution in [2.45, 2.75) is 25.9 Å². The van der Waals surface area contributed by atoms with Gasteiger partial charge in [-0.1, -0.05) is 36.4 Å². The molecule has 1 unspecified atom stereocenters. The SMILES string of the molecule is COCCn1c(C)c(C(=O)NC2CCOc3ccccc32)c2ccccc21. The van der Waals surface area contributed by atoms with E-state index in [1.165, 1.54) is 0 Å². The topological polar surface area (TPSA) is 52.5 Å². The molecule has 0 spiro atoms. The molecule has 2 aromatic carbocycles. The van der Waals surface area contributed by atoms with Crippen LogP contribution in [-0.4, -0.2) is 30.8 Å². The van der Waals surface area contributed by atoms with Gasteiger partial charge in [0.15, 0.2) is 0 Å².